The van der Waals surface area contributed by atoms with Gasteiger partial charge in [-0.25, -0.2) is 0 Å². The minimum absolute atomic E-state index is 0.224. The summed E-state index contributed by atoms with van der Waals surface area (Å²) in [5.74, 6) is 0.327. The Morgan fingerprint density at radius 1 is 1.11 bits per heavy atom. The third-order valence-electron chi connectivity index (χ3n) is 3.58. The Kier molecular flexibility index (Phi) is 15.2. The van der Waals surface area contributed by atoms with Crippen molar-refractivity contribution in [3.05, 3.63) is 49.3 Å². The van der Waals surface area contributed by atoms with Crippen LogP contribution in [0.5, 0.6) is 0 Å². The Bertz CT molecular complexity index is 495. The average Bonchev–Trinajstić information content (AvgIpc) is 2.67. The monoisotopic (exact) mass is 418 g/mol. The topological polar surface area (TPSA) is 109 Å². The van der Waals surface area contributed by atoms with E-state index in [0.717, 1.165) is 0 Å². The van der Waals surface area contributed by atoms with E-state index in [-0.39, 0.29) is 6.35 Å². The van der Waals surface area contributed by atoms with E-state index in [4.69, 9.17) is 14.2 Å². The third kappa shape index (κ3) is 9.94. The maximum absolute atomic E-state index is 10.1. The normalized spacial score (nSPS) is 29.0. The third-order valence-corrected chi connectivity index (χ3v) is 4.91. The van der Waals surface area contributed by atoms with Crippen molar-refractivity contribution in [3.63, 3.8) is 0 Å². The Balaban J connectivity index is 0.00000227. The van der Waals surface area contributed by atoms with Crippen LogP contribution in [0.4, 0.5) is 0 Å². The smallest absolute Gasteiger partial charge is 0.229 e. The Morgan fingerprint density at radius 3 is 2.29 bits per heavy atom. The molecular formula is C20H35O7P. The van der Waals surface area contributed by atoms with E-state index in [1.165, 1.54) is 19.6 Å². The van der Waals surface area contributed by atoms with Gasteiger partial charge in [-0.1, -0.05) is 51.7 Å². The van der Waals surface area contributed by atoms with E-state index in [1.54, 1.807) is 24.3 Å². The summed E-state index contributed by atoms with van der Waals surface area (Å²) in [5, 5.41) is 30.2. The number of hydrogen-bond acceptors (Lipinski definition) is 7. The first-order valence-electron chi connectivity index (χ1n) is 9.26. The number of allylic oxidation sites excluding steroid dienone is 5. The van der Waals surface area contributed by atoms with E-state index < -0.39 is 38.9 Å². The van der Waals surface area contributed by atoms with E-state index >= 15 is 0 Å². The lowest BCUT2D eigenvalue weighted by Gasteiger charge is -2.40. The van der Waals surface area contributed by atoms with Gasteiger partial charge in [-0.15, -0.1) is 0 Å². The van der Waals surface area contributed by atoms with Crippen LogP contribution in [0.2, 0.25) is 0 Å². The summed E-state index contributed by atoms with van der Waals surface area (Å²) in [6.07, 6.45) is 4.03. The largest absolute Gasteiger partial charge is 0.462 e. The molecule has 1 heterocycles. The summed E-state index contributed by atoms with van der Waals surface area (Å²) < 4.78 is 16.0. The fraction of sp³-hybridized carbons (Fsp3) is 0.600. The van der Waals surface area contributed by atoms with Gasteiger partial charge >= 0.3 is 0 Å². The van der Waals surface area contributed by atoms with Gasteiger partial charge in [0.1, 0.15) is 24.1 Å². The van der Waals surface area contributed by atoms with Crippen LogP contribution in [-0.2, 0) is 14.2 Å². The van der Waals surface area contributed by atoms with E-state index in [2.05, 4.69) is 27.0 Å². The number of rotatable bonds is 10. The van der Waals surface area contributed by atoms with Gasteiger partial charge in [0.25, 0.3) is 0 Å². The summed E-state index contributed by atoms with van der Waals surface area (Å²) in [4.78, 5) is 9.78. The molecule has 0 radical (unpaired) electrons. The highest BCUT2D eigenvalue weighted by molar-refractivity contribution is 7.51. The molecular weight excluding hydrogens is 383 g/mol. The van der Waals surface area contributed by atoms with Gasteiger partial charge in [-0.05, 0) is 24.7 Å². The standard InChI is InChI=1S/C17H27O7P.C3H8/c1-4-6-7-8-12(5-2)23-17-16(20)15(19)14(18)13(24-17)9-10-25(21)11-22-3;1-3-2/h4-8,13-21H,1-2,9-11H2,3H3;3H2,1-2H3/b7-6-,12-8+;/t13?,14-,15?,16?,17+,25?;/m1./s1. The molecule has 0 aromatic heterocycles. The lowest BCUT2D eigenvalue weighted by molar-refractivity contribution is -0.285. The second-order valence-corrected chi connectivity index (χ2v) is 7.89. The zero-order chi connectivity index (χ0) is 21.5. The van der Waals surface area contributed by atoms with E-state index in [9.17, 15) is 20.2 Å². The molecule has 0 aromatic carbocycles. The highest BCUT2D eigenvalue weighted by Gasteiger charge is 2.44. The maximum atomic E-state index is 10.1. The molecule has 7 nitrogen and oxygen atoms in total. The fourth-order valence-corrected chi connectivity index (χ4v) is 3.24. The molecule has 0 aromatic rings. The number of ether oxygens (including phenoxy) is 3. The zero-order valence-corrected chi connectivity index (χ0v) is 17.9. The number of hydrogen-bond donors (Lipinski definition) is 4. The van der Waals surface area contributed by atoms with Crippen LogP contribution in [0.15, 0.2) is 49.3 Å². The minimum Gasteiger partial charge on any atom is -0.462 e. The molecule has 162 valence electrons. The first-order chi connectivity index (χ1) is 13.4. The Morgan fingerprint density at radius 2 is 1.75 bits per heavy atom. The maximum Gasteiger partial charge on any atom is 0.229 e. The predicted molar refractivity (Wildman–Crippen MR) is 112 cm³/mol. The molecule has 1 aliphatic rings. The van der Waals surface area contributed by atoms with Crippen LogP contribution < -0.4 is 0 Å². The van der Waals surface area contributed by atoms with Crippen LogP contribution in [-0.4, -0.2) is 70.5 Å². The highest BCUT2D eigenvalue weighted by Crippen LogP contribution is 2.33. The van der Waals surface area contributed by atoms with Crippen LogP contribution in [0, 0.1) is 0 Å². The van der Waals surface area contributed by atoms with Crippen molar-refractivity contribution in [2.45, 2.75) is 57.4 Å². The lowest BCUT2D eigenvalue weighted by Crippen LogP contribution is -2.58. The first-order valence-corrected chi connectivity index (χ1v) is 10.9. The second-order valence-electron chi connectivity index (χ2n) is 6.17. The molecule has 1 fully saturated rings. The molecule has 4 N–H and O–H groups in total. The van der Waals surface area contributed by atoms with Gasteiger partial charge in [0.2, 0.25) is 6.29 Å². The van der Waals surface area contributed by atoms with Gasteiger partial charge in [-0.3, -0.25) is 0 Å². The van der Waals surface area contributed by atoms with Crippen molar-refractivity contribution in [3.8, 4) is 0 Å². The number of aliphatic hydroxyl groups excluding tert-OH is 3. The average molecular weight is 418 g/mol. The van der Waals surface area contributed by atoms with Crippen molar-refractivity contribution in [2.24, 2.45) is 0 Å². The summed E-state index contributed by atoms with van der Waals surface area (Å²) in [6, 6.07) is 0. The van der Waals surface area contributed by atoms with Crippen LogP contribution in [0.1, 0.15) is 26.7 Å². The van der Waals surface area contributed by atoms with E-state index in [0.29, 0.717) is 18.3 Å². The molecule has 6 atom stereocenters. The SMILES string of the molecule is C=C/C=C\C=C(/C=C)O[C@H]1OC(CCP(O)COC)[C@@H](O)C(O)C1O.CCC. The fourth-order valence-electron chi connectivity index (χ4n) is 2.26. The van der Waals surface area contributed by atoms with Gasteiger partial charge in [0, 0.05) is 7.11 Å². The molecule has 28 heavy (non-hydrogen) atoms. The van der Waals surface area contributed by atoms with Crippen molar-refractivity contribution in [2.75, 3.05) is 19.6 Å². The molecule has 1 aliphatic heterocycles. The zero-order valence-electron chi connectivity index (χ0n) is 17.0. The number of methoxy groups -OCH3 is 1. The van der Waals surface area contributed by atoms with Crippen LogP contribution in [0.3, 0.4) is 0 Å². The van der Waals surface area contributed by atoms with Crippen LogP contribution in [0.25, 0.3) is 0 Å². The highest BCUT2D eigenvalue weighted by atomic mass is 31.1. The lowest BCUT2D eigenvalue weighted by atomic mass is 9.97. The molecule has 1 saturated heterocycles. The second kappa shape index (κ2) is 15.8. The number of aliphatic hydroxyl groups is 3. The quantitative estimate of drug-likeness (QED) is 0.245. The molecule has 0 bridgehead atoms. The molecule has 4 unspecified atom stereocenters. The van der Waals surface area contributed by atoms with Crippen molar-refractivity contribution in [1.29, 1.82) is 0 Å². The van der Waals surface area contributed by atoms with Gasteiger partial charge in [0.15, 0.2) is 0 Å². The summed E-state index contributed by atoms with van der Waals surface area (Å²) in [6.45, 7) is 11.4. The molecule has 0 amide bonds. The summed E-state index contributed by atoms with van der Waals surface area (Å²) >= 11 is 0. The molecule has 0 spiro atoms. The Labute approximate surface area is 169 Å². The predicted octanol–water partition coefficient (Wildman–Crippen LogP) is 2.42. The molecule has 1 rings (SSSR count). The van der Waals surface area contributed by atoms with Crippen molar-refractivity contribution in [1.82, 2.24) is 0 Å². The van der Waals surface area contributed by atoms with Crippen LogP contribution >= 0.6 is 8.15 Å². The summed E-state index contributed by atoms with van der Waals surface area (Å²) in [5.41, 5.74) is 0. The van der Waals surface area contributed by atoms with Gasteiger partial charge in [0.05, 0.1) is 20.6 Å². The molecule has 0 saturated carbocycles. The van der Waals surface area contributed by atoms with Gasteiger partial charge in [-0.2, -0.15) is 0 Å². The first kappa shape index (κ1) is 27.0. The summed E-state index contributed by atoms with van der Waals surface area (Å²) in [7, 11) is 0.153. The van der Waals surface area contributed by atoms with Gasteiger partial charge < -0.3 is 34.4 Å². The Hall–Kier alpha value is -1.05. The van der Waals surface area contributed by atoms with Crippen molar-refractivity contribution < 1.29 is 34.4 Å². The van der Waals surface area contributed by atoms with Crippen molar-refractivity contribution >= 4 is 8.15 Å². The minimum atomic E-state index is -1.43. The van der Waals surface area contributed by atoms with E-state index in [1.807, 2.05) is 0 Å². The molecule has 8 heteroatoms. The molecule has 0 aliphatic carbocycles.